The largest absolute Gasteiger partial charge is 0.463 e. The van der Waals surface area contributed by atoms with Crippen LogP contribution in [0.2, 0.25) is 0 Å². The molecular formula is C14H14BrNO3. The Kier molecular flexibility index (Phi) is 4.37. The van der Waals surface area contributed by atoms with E-state index in [0.717, 1.165) is 16.5 Å². The summed E-state index contributed by atoms with van der Waals surface area (Å²) in [4.78, 5) is 16.0. The number of hydrogen-bond donors (Lipinski definition) is 0. The Hall–Kier alpha value is -1.62. The van der Waals surface area contributed by atoms with E-state index >= 15 is 0 Å². The van der Waals surface area contributed by atoms with Crippen molar-refractivity contribution in [3.63, 3.8) is 0 Å². The Morgan fingerprint density at radius 1 is 1.47 bits per heavy atom. The molecule has 19 heavy (non-hydrogen) atoms. The van der Waals surface area contributed by atoms with Gasteiger partial charge in [0.1, 0.15) is 0 Å². The molecule has 0 unspecified atom stereocenters. The van der Waals surface area contributed by atoms with Crippen molar-refractivity contribution in [2.75, 3.05) is 7.11 Å². The number of methoxy groups -OCH3 is 1. The molecule has 0 atom stereocenters. The first-order chi connectivity index (χ1) is 9.15. The van der Waals surface area contributed by atoms with Gasteiger partial charge < -0.3 is 9.15 Å². The number of esters is 1. The lowest BCUT2D eigenvalue weighted by Gasteiger charge is -1.96. The number of halogens is 1. The minimum absolute atomic E-state index is 0.194. The van der Waals surface area contributed by atoms with Crippen molar-refractivity contribution >= 4 is 21.9 Å². The zero-order valence-corrected chi connectivity index (χ0v) is 12.4. The number of aryl methyl sites for hydroxylation is 1. The summed E-state index contributed by atoms with van der Waals surface area (Å²) in [5, 5.41) is 0. The van der Waals surface area contributed by atoms with Crippen LogP contribution in [-0.4, -0.2) is 18.1 Å². The molecule has 0 N–H and O–H groups in total. The highest BCUT2D eigenvalue weighted by Crippen LogP contribution is 2.25. The van der Waals surface area contributed by atoms with Gasteiger partial charge in [0.05, 0.1) is 12.8 Å². The van der Waals surface area contributed by atoms with E-state index in [1.807, 2.05) is 31.2 Å². The predicted octanol–water partition coefficient (Wildman–Crippen LogP) is 3.84. The second kappa shape index (κ2) is 6.02. The maximum absolute atomic E-state index is 11.7. The summed E-state index contributed by atoms with van der Waals surface area (Å²) in [6.07, 6.45) is 1.57. The summed E-state index contributed by atoms with van der Waals surface area (Å²) >= 11 is 3.40. The Morgan fingerprint density at radius 3 is 2.89 bits per heavy atom. The fourth-order valence-electron chi connectivity index (χ4n) is 1.76. The van der Waals surface area contributed by atoms with Crippen molar-refractivity contribution in [1.29, 1.82) is 0 Å². The van der Waals surface area contributed by atoms with Crippen LogP contribution in [0.1, 0.15) is 29.6 Å². The lowest BCUT2D eigenvalue weighted by molar-refractivity contribution is 0.0564. The third-order valence-corrected chi connectivity index (χ3v) is 3.12. The molecule has 4 nitrogen and oxygen atoms in total. The van der Waals surface area contributed by atoms with Gasteiger partial charge in [0.15, 0.2) is 0 Å². The van der Waals surface area contributed by atoms with Gasteiger partial charge in [-0.1, -0.05) is 35.3 Å². The molecule has 0 amide bonds. The van der Waals surface area contributed by atoms with Crippen molar-refractivity contribution in [2.24, 2.45) is 0 Å². The highest BCUT2D eigenvalue weighted by atomic mass is 79.9. The summed E-state index contributed by atoms with van der Waals surface area (Å²) in [5.41, 5.74) is 1.46. The Bertz CT molecular complexity index is 592. The van der Waals surface area contributed by atoms with Gasteiger partial charge in [-0.15, -0.1) is 0 Å². The van der Waals surface area contributed by atoms with Gasteiger partial charge in [0, 0.05) is 10.0 Å². The van der Waals surface area contributed by atoms with E-state index in [4.69, 9.17) is 9.15 Å². The molecule has 1 aromatic carbocycles. The second-order valence-corrected chi connectivity index (χ2v) is 4.96. The number of hydrogen-bond acceptors (Lipinski definition) is 4. The summed E-state index contributed by atoms with van der Waals surface area (Å²) in [7, 11) is 1.33. The highest BCUT2D eigenvalue weighted by Gasteiger charge is 2.20. The maximum Gasteiger partial charge on any atom is 0.376 e. The highest BCUT2D eigenvalue weighted by molar-refractivity contribution is 9.10. The minimum atomic E-state index is -0.489. The Labute approximate surface area is 119 Å². The smallest absolute Gasteiger partial charge is 0.376 e. The number of carbonyl (C=O) groups is 1. The number of rotatable bonds is 4. The molecule has 0 saturated carbocycles. The van der Waals surface area contributed by atoms with Gasteiger partial charge in [-0.25, -0.2) is 9.78 Å². The van der Waals surface area contributed by atoms with Gasteiger partial charge in [-0.2, -0.15) is 0 Å². The topological polar surface area (TPSA) is 52.3 Å². The molecule has 1 heterocycles. The van der Waals surface area contributed by atoms with Crippen molar-refractivity contribution < 1.29 is 13.9 Å². The van der Waals surface area contributed by atoms with E-state index in [-0.39, 0.29) is 5.76 Å². The number of aromatic nitrogens is 1. The molecule has 1 aromatic heterocycles. The number of nitrogens with zero attached hydrogens (tertiary/aromatic N) is 1. The quantitative estimate of drug-likeness (QED) is 0.802. The number of benzene rings is 1. The molecule has 100 valence electrons. The summed E-state index contributed by atoms with van der Waals surface area (Å²) in [6, 6.07) is 7.58. The average molecular weight is 324 g/mol. The van der Waals surface area contributed by atoms with Crippen LogP contribution in [0.3, 0.4) is 0 Å². The van der Waals surface area contributed by atoms with Crippen LogP contribution in [0.15, 0.2) is 33.2 Å². The monoisotopic (exact) mass is 323 g/mol. The molecule has 2 aromatic rings. The molecule has 0 saturated heterocycles. The molecule has 0 bridgehead atoms. The standard InChI is InChI=1S/C14H14BrNO3/c1-3-5-11-12(14(17)18-2)19-13(16-11)9-6-4-7-10(15)8-9/h4,6-8H,3,5H2,1-2H3. The van der Waals surface area contributed by atoms with E-state index in [1.165, 1.54) is 7.11 Å². The number of oxazole rings is 1. The maximum atomic E-state index is 11.7. The van der Waals surface area contributed by atoms with Crippen molar-refractivity contribution in [3.8, 4) is 11.5 Å². The molecule has 0 radical (unpaired) electrons. The summed E-state index contributed by atoms with van der Waals surface area (Å²) in [6.45, 7) is 2.02. The third kappa shape index (κ3) is 3.04. The van der Waals surface area contributed by atoms with Crippen LogP contribution >= 0.6 is 15.9 Å². The number of carbonyl (C=O) groups excluding carboxylic acids is 1. The van der Waals surface area contributed by atoms with E-state index in [1.54, 1.807) is 0 Å². The van der Waals surface area contributed by atoms with Crippen LogP contribution < -0.4 is 0 Å². The van der Waals surface area contributed by atoms with Crippen LogP contribution in [0.5, 0.6) is 0 Å². The first-order valence-corrected chi connectivity index (χ1v) is 6.79. The van der Waals surface area contributed by atoms with Crippen molar-refractivity contribution in [3.05, 3.63) is 40.2 Å². The minimum Gasteiger partial charge on any atom is -0.463 e. The average Bonchev–Trinajstić information content (AvgIpc) is 2.82. The van der Waals surface area contributed by atoms with Crippen molar-refractivity contribution in [2.45, 2.75) is 19.8 Å². The molecule has 0 aliphatic heterocycles. The second-order valence-electron chi connectivity index (χ2n) is 4.05. The first kappa shape index (κ1) is 13.8. The predicted molar refractivity (Wildman–Crippen MR) is 75.0 cm³/mol. The van der Waals surface area contributed by atoms with Crippen LogP contribution in [0.4, 0.5) is 0 Å². The fourth-order valence-corrected chi connectivity index (χ4v) is 2.15. The van der Waals surface area contributed by atoms with Crippen molar-refractivity contribution in [1.82, 2.24) is 4.98 Å². The fraction of sp³-hybridized carbons (Fsp3) is 0.286. The van der Waals surface area contributed by atoms with Gasteiger partial charge >= 0.3 is 5.97 Å². The van der Waals surface area contributed by atoms with Crippen LogP contribution in [0.25, 0.3) is 11.5 Å². The molecule has 0 aliphatic carbocycles. The molecule has 5 heteroatoms. The van der Waals surface area contributed by atoms with Crippen LogP contribution in [0, 0.1) is 0 Å². The molecule has 0 fully saturated rings. The van der Waals surface area contributed by atoms with Gasteiger partial charge in [-0.05, 0) is 24.6 Å². The normalized spacial score (nSPS) is 10.5. The lowest BCUT2D eigenvalue weighted by Crippen LogP contribution is -2.03. The molecule has 0 spiro atoms. The lowest BCUT2D eigenvalue weighted by atomic mass is 10.2. The molecule has 2 rings (SSSR count). The van der Waals surface area contributed by atoms with Gasteiger partial charge in [-0.3, -0.25) is 0 Å². The van der Waals surface area contributed by atoms with E-state index in [2.05, 4.69) is 20.9 Å². The SMILES string of the molecule is CCCc1nc(-c2cccc(Br)c2)oc1C(=O)OC. The molecular weight excluding hydrogens is 310 g/mol. The van der Waals surface area contributed by atoms with E-state index in [0.29, 0.717) is 18.0 Å². The Balaban J connectivity index is 2.45. The van der Waals surface area contributed by atoms with Gasteiger partial charge in [0.25, 0.3) is 0 Å². The zero-order valence-electron chi connectivity index (χ0n) is 10.8. The summed E-state index contributed by atoms with van der Waals surface area (Å²) in [5.74, 6) is 0.140. The third-order valence-electron chi connectivity index (χ3n) is 2.63. The van der Waals surface area contributed by atoms with E-state index in [9.17, 15) is 4.79 Å². The van der Waals surface area contributed by atoms with E-state index < -0.39 is 5.97 Å². The zero-order chi connectivity index (χ0) is 13.8. The molecule has 0 aliphatic rings. The number of ether oxygens (including phenoxy) is 1. The summed E-state index contributed by atoms with van der Waals surface area (Å²) < 4.78 is 11.2. The Morgan fingerprint density at radius 2 is 2.26 bits per heavy atom. The first-order valence-electron chi connectivity index (χ1n) is 5.99. The van der Waals surface area contributed by atoms with Crippen LogP contribution in [-0.2, 0) is 11.2 Å². The van der Waals surface area contributed by atoms with Gasteiger partial charge in [0.2, 0.25) is 11.7 Å².